The molecule has 12 heteroatoms. The number of amides is 2. The average molecular weight is 721 g/mol. The number of carbonyl (C=O) groups excluding carboxylic acids is 2. The number of halogens is 3. The molecule has 2 amide bonds. The molecule has 1 fully saturated rings. The Hall–Kier alpha value is -4.81. The fourth-order valence-electron chi connectivity index (χ4n) is 6.22. The van der Waals surface area contributed by atoms with E-state index in [4.69, 9.17) is 5.11 Å². The third-order valence-corrected chi connectivity index (χ3v) is 10.2. The fourth-order valence-corrected chi connectivity index (χ4v) is 7.46. The zero-order chi connectivity index (χ0) is 36.4. The molecule has 0 heterocycles. The van der Waals surface area contributed by atoms with Gasteiger partial charge in [-0.25, -0.2) is 0 Å². The van der Waals surface area contributed by atoms with Gasteiger partial charge >= 0.3 is 12.3 Å². The Labute approximate surface area is 297 Å². The highest BCUT2D eigenvalue weighted by Gasteiger charge is 2.34. The molecular formula is C39H39F3N2O6S. The van der Waals surface area contributed by atoms with E-state index >= 15 is 0 Å². The number of ether oxygens (including phenoxy) is 1. The quantitative estimate of drug-likeness (QED) is 0.113. The molecule has 0 saturated heterocycles. The van der Waals surface area contributed by atoms with Crippen LogP contribution in [0.3, 0.4) is 0 Å². The summed E-state index contributed by atoms with van der Waals surface area (Å²) < 4.78 is 57.5. The number of anilines is 1. The smallest absolute Gasteiger partial charge is 0.573 e. The summed E-state index contributed by atoms with van der Waals surface area (Å²) >= 11 is -1.94. The molecule has 4 aromatic rings. The van der Waals surface area contributed by atoms with Crippen molar-refractivity contribution in [2.45, 2.75) is 73.8 Å². The first-order valence-electron chi connectivity index (χ1n) is 16.8. The van der Waals surface area contributed by atoms with Gasteiger partial charge in [0.2, 0.25) is 5.91 Å². The number of alkyl halides is 3. The zero-order valence-electron chi connectivity index (χ0n) is 27.8. The molecule has 0 spiro atoms. The van der Waals surface area contributed by atoms with Gasteiger partial charge in [0.25, 0.3) is 5.91 Å². The van der Waals surface area contributed by atoms with Crippen molar-refractivity contribution in [2.24, 2.45) is 0 Å². The van der Waals surface area contributed by atoms with Gasteiger partial charge < -0.3 is 25.0 Å². The molecule has 0 aliphatic heterocycles. The van der Waals surface area contributed by atoms with Crippen molar-refractivity contribution in [2.75, 3.05) is 11.9 Å². The van der Waals surface area contributed by atoms with Crippen LogP contribution in [-0.4, -0.2) is 40.4 Å². The molecule has 2 atom stereocenters. The van der Waals surface area contributed by atoms with Crippen molar-refractivity contribution in [3.63, 3.8) is 0 Å². The van der Waals surface area contributed by atoms with E-state index in [9.17, 15) is 32.1 Å². The minimum absolute atomic E-state index is 0.0140. The summed E-state index contributed by atoms with van der Waals surface area (Å²) in [7, 11) is 0. The lowest BCUT2D eigenvalue weighted by Gasteiger charge is -2.23. The molecule has 1 aliphatic carbocycles. The Morgan fingerprint density at radius 3 is 2.22 bits per heavy atom. The average Bonchev–Trinajstić information content (AvgIpc) is 3.11. The molecule has 0 radical (unpaired) electrons. The molecule has 2 unspecified atom stereocenters. The van der Waals surface area contributed by atoms with Gasteiger partial charge in [0.1, 0.15) is 5.75 Å². The van der Waals surface area contributed by atoms with Gasteiger partial charge in [-0.05, 0) is 77.3 Å². The molecule has 268 valence electrons. The minimum atomic E-state index is -5.01. The lowest BCUT2D eigenvalue weighted by Crippen LogP contribution is -2.26. The molecule has 8 nitrogen and oxygen atoms in total. The Morgan fingerprint density at radius 2 is 1.57 bits per heavy atom. The molecule has 0 bridgehead atoms. The SMILES string of the molecule is O=C(O)CCNC(=O)c1ccc(CC(C(=O)Nc2ccc(OC(F)(F)F)c([S+]([O-])Cc3ccccc3)c2)c2ccc(C3CCCCC3)cc2)cc1. The number of rotatable bonds is 14. The lowest BCUT2D eigenvalue weighted by atomic mass is 9.83. The van der Waals surface area contributed by atoms with Gasteiger partial charge in [-0.15, -0.1) is 13.2 Å². The van der Waals surface area contributed by atoms with Gasteiger partial charge in [0.15, 0.2) is 10.6 Å². The van der Waals surface area contributed by atoms with Gasteiger partial charge in [-0.3, -0.25) is 14.4 Å². The van der Waals surface area contributed by atoms with Crippen molar-refractivity contribution >= 4 is 34.6 Å². The number of hydrogen-bond donors (Lipinski definition) is 3. The fraction of sp³-hybridized carbons (Fsp3) is 0.308. The summed E-state index contributed by atoms with van der Waals surface area (Å²) in [6.07, 6.45) is 0.819. The third-order valence-electron chi connectivity index (χ3n) is 8.84. The van der Waals surface area contributed by atoms with Gasteiger partial charge in [-0.2, -0.15) is 0 Å². The maximum atomic E-state index is 14.0. The first-order chi connectivity index (χ1) is 24.4. The van der Waals surface area contributed by atoms with Crippen LogP contribution < -0.4 is 15.4 Å². The van der Waals surface area contributed by atoms with E-state index in [-0.39, 0.29) is 35.7 Å². The normalized spacial score (nSPS) is 14.7. The summed E-state index contributed by atoms with van der Waals surface area (Å²) in [5.41, 5.74) is 3.83. The molecule has 51 heavy (non-hydrogen) atoms. The van der Waals surface area contributed by atoms with Gasteiger partial charge in [0.05, 0.1) is 12.3 Å². The minimum Gasteiger partial charge on any atom is -0.611 e. The number of carboxylic acid groups (broad SMARTS) is 1. The predicted molar refractivity (Wildman–Crippen MR) is 188 cm³/mol. The Bertz CT molecular complexity index is 1780. The first-order valence-corrected chi connectivity index (χ1v) is 18.1. The van der Waals surface area contributed by atoms with Gasteiger partial charge in [-0.1, -0.05) is 86.0 Å². The zero-order valence-corrected chi connectivity index (χ0v) is 28.6. The first kappa shape index (κ1) is 37.4. The number of carboxylic acids is 1. The standard InChI is InChI=1S/C39H39F3N2O6S/c40-39(41,42)50-34-20-19-32(24-35(34)51(49)25-27-7-3-1-4-8-27)44-38(48)33(30-17-15-29(16-18-30)28-9-5-2-6-10-28)23-26-11-13-31(14-12-26)37(47)43-22-21-36(45)46/h1,3-4,7-8,11-20,24,28,33H,2,5-6,9-10,21-23,25H2,(H,43,47)(H,44,48)(H,45,46). The maximum absolute atomic E-state index is 14.0. The van der Waals surface area contributed by atoms with Crippen LogP contribution in [0.1, 0.15) is 83.0 Å². The van der Waals surface area contributed by atoms with Crippen LogP contribution in [0.25, 0.3) is 0 Å². The Kier molecular flexibility index (Phi) is 12.8. The van der Waals surface area contributed by atoms with Crippen molar-refractivity contribution in [1.82, 2.24) is 5.32 Å². The highest BCUT2D eigenvalue weighted by atomic mass is 32.2. The van der Waals surface area contributed by atoms with Crippen molar-refractivity contribution in [3.8, 4) is 5.75 Å². The molecule has 1 aliphatic rings. The largest absolute Gasteiger partial charge is 0.611 e. The maximum Gasteiger partial charge on any atom is 0.573 e. The van der Waals surface area contributed by atoms with E-state index in [1.54, 1.807) is 54.6 Å². The number of benzene rings is 4. The summed E-state index contributed by atoms with van der Waals surface area (Å²) in [6.45, 7) is -0.0140. The van der Waals surface area contributed by atoms with Crippen molar-refractivity contribution in [1.29, 1.82) is 0 Å². The number of nitrogens with one attached hydrogen (secondary N) is 2. The monoisotopic (exact) mass is 720 g/mol. The highest BCUT2D eigenvalue weighted by Crippen LogP contribution is 2.36. The third kappa shape index (κ3) is 11.1. The second-order valence-electron chi connectivity index (χ2n) is 12.5. The molecular weight excluding hydrogens is 681 g/mol. The van der Waals surface area contributed by atoms with Crippen LogP contribution in [0.15, 0.2) is 102 Å². The van der Waals surface area contributed by atoms with E-state index in [1.165, 1.54) is 37.0 Å². The topological polar surface area (TPSA) is 128 Å². The van der Waals surface area contributed by atoms with Crippen LogP contribution in [0.5, 0.6) is 5.75 Å². The second kappa shape index (κ2) is 17.4. The lowest BCUT2D eigenvalue weighted by molar-refractivity contribution is -0.275. The summed E-state index contributed by atoms with van der Waals surface area (Å²) in [6, 6.07) is 26.9. The van der Waals surface area contributed by atoms with Crippen LogP contribution in [0.4, 0.5) is 18.9 Å². The van der Waals surface area contributed by atoms with Crippen LogP contribution in [0, 0.1) is 0 Å². The second-order valence-corrected chi connectivity index (χ2v) is 13.9. The van der Waals surface area contributed by atoms with Crippen molar-refractivity contribution in [3.05, 3.63) is 125 Å². The van der Waals surface area contributed by atoms with Crippen LogP contribution >= 0.6 is 0 Å². The van der Waals surface area contributed by atoms with E-state index in [0.29, 0.717) is 17.0 Å². The van der Waals surface area contributed by atoms with Gasteiger partial charge in [0, 0.05) is 29.4 Å². The molecule has 1 saturated carbocycles. The van der Waals surface area contributed by atoms with Crippen LogP contribution in [-0.2, 0) is 32.9 Å². The van der Waals surface area contributed by atoms with E-state index < -0.39 is 47.0 Å². The number of aliphatic carboxylic acids is 1. The summed E-state index contributed by atoms with van der Waals surface area (Å²) in [5, 5.41) is 14.2. The molecule has 4 aromatic carbocycles. The Morgan fingerprint density at radius 1 is 0.882 bits per heavy atom. The molecule has 3 N–H and O–H groups in total. The van der Waals surface area contributed by atoms with Crippen molar-refractivity contribution < 1.29 is 42.0 Å². The molecule has 0 aromatic heterocycles. The summed E-state index contributed by atoms with van der Waals surface area (Å²) in [5.74, 6) is -2.82. The highest BCUT2D eigenvalue weighted by molar-refractivity contribution is 7.90. The van der Waals surface area contributed by atoms with E-state index in [1.807, 2.05) is 24.3 Å². The van der Waals surface area contributed by atoms with E-state index in [0.717, 1.165) is 30.0 Å². The van der Waals surface area contributed by atoms with E-state index in [2.05, 4.69) is 15.4 Å². The Balaban J connectivity index is 1.40. The molecule has 5 rings (SSSR count). The number of hydrogen-bond acceptors (Lipinski definition) is 5. The van der Waals surface area contributed by atoms with Crippen LogP contribution in [0.2, 0.25) is 0 Å². The predicted octanol–water partition coefficient (Wildman–Crippen LogP) is 8.11. The summed E-state index contributed by atoms with van der Waals surface area (Å²) in [4.78, 5) is 37.1. The number of carbonyl (C=O) groups is 3.